The van der Waals surface area contributed by atoms with Gasteiger partial charge in [0.1, 0.15) is 18.0 Å². The number of hydrogen-bond donors (Lipinski definition) is 1. The first-order chi connectivity index (χ1) is 10.2. The molecule has 2 aromatic rings. The Balaban J connectivity index is 2.21. The highest BCUT2D eigenvalue weighted by Crippen LogP contribution is 2.34. The minimum atomic E-state index is -0.452. The van der Waals surface area contributed by atoms with E-state index in [-0.39, 0.29) is 18.0 Å². The van der Waals surface area contributed by atoms with Crippen LogP contribution in [0.2, 0.25) is 0 Å². The average Bonchev–Trinajstić information content (AvgIpc) is 2.52. The molecule has 0 aliphatic rings. The van der Waals surface area contributed by atoms with Crippen molar-refractivity contribution < 1.29 is 14.4 Å². The van der Waals surface area contributed by atoms with Crippen molar-refractivity contribution in [2.75, 3.05) is 19.5 Å². The van der Waals surface area contributed by atoms with E-state index in [1.54, 1.807) is 32.4 Å². The second kappa shape index (κ2) is 6.60. The summed E-state index contributed by atoms with van der Waals surface area (Å²) in [6.07, 6.45) is 0. The van der Waals surface area contributed by atoms with Crippen LogP contribution in [0.3, 0.4) is 0 Å². The molecule has 0 aliphatic heterocycles. The van der Waals surface area contributed by atoms with Gasteiger partial charge in [-0.3, -0.25) is 10.1 Å². The third-order valence-corrected chi connectivity index (χ3v) is 2.98. The summed E-state index contributed by atoms with van der Waals surface area (Å²) >= 11 is 0. The first-order valence-electron chi connectivity index (χ1n) is 6.36. The van der Waals surface area contributed by atoms with E-state index >= 15 is 0 Å². The fourth-order valence-electron chi connectivity index (χ4n) is 1.95. The maximum Gasteiger partial charge on any atom is 0.333 e. The second-order valence-corrected chi connectivity index (χ2v) is 4.30. The van der Waals surface area contributed by atoms with Crippen LogP contribution in [0.15, 0.2) is 42.5 Å². The van der Waals surface area contributed by atoms with E-state index in [2.05, 4.69) is 5.32 Å². The largest absolute Gasteiger partial charge is 0.497 e. The number of anilines is 1. The summed E-state index contributed by atoms with van der Waals surface area (Å²) in [6, 6.07) is 12.3. The van der Waals surface area contributed by atoms with Crippen LogP contribution in [0.1, 0.15) is 5.56 Å². The van der Waals surface area contributed by atoms with Gasteiger partial charge in [0.05, 0.1) is 12.0 Å². The molecular weight excluding hydrogens is 272 g/mol. The summed E-state index contributed by atoms with van der Waals surface area (Å²) in [7, 11) is 3.22. The molecule has 0 aliphatic carbocycles. The fraction of sp³-hybridized carbons (Fsp3) is 0.200. The summed E-state index contributed by atoms with van der Waals surface area (Å²) in [4.78, 5) is 10.7. The molecule has 1 N–H and O–H groups in total. The quantitative estimate of drug-likeness (QED) is 0.652. The number of benzene rings is 2. The van der Waals surface area contributed by atoms with E-state index in [0.29, 0.717) is 5.69 Å². The Kier molecular flexibility index (Phi) is 4.61. The third-order valence-electron chi connectivity index (χ3n) is 2.98. The Morgan fingerprint density at radius 1 is 1.24 bits per heavy atom. The molecule has 0 fully saturated rings. The van der Waals surface area contributed by atoms with Crippen LogP contribution in [0.4, 0.5) is 11.4 Å². The van der Waals surface area contributed by atoms with Gasteiger partial charge in [0, 0.05) is 7.05 Å². The summed E-state index contributed by atoms with van der Waals surface area (Å²) in [5, 5.41) is 14.0. The summed E-state index contributed by atoms with van der Waals surface area (Å²) in [6.45, 7) is 0.227. The standard InChI is InChI=1S/C15H16N2O4/c1-16-13-7-4-8-14(15(13)17(18)19)21-10-11-5-3-6-12(9-11)20-2/h3-9,16H,10H2,1-2H3. The minimum absolute atomic E-state index is 0.0668. The van der Waals surface area contributed by atoms with Crippen molar-refractivity contribution in [3.8, 4) is 11.5 Å². The van der Waals surface area contributed by atoms with E-state index < -0.39 is 4.92 Å². The van der Waals surface area contributed by atoms with Crippen molar-refractivity contribution in [1.29, 1.82) is 0 Å². The Morgan fingerprint density at radius 3 is 2.67 bits per heavy atom. The molecule has 6 nitrogen and oxygen atoms in total. The molecule has 2 rings (SSSR count). The number of ether oxygens (including phenoxy) is 2. The fourth-order valence-corrected chi connectivity index (χ4v) is 1.95. The summed E-state index contributed by atoms with van der Waals surface area (Å²) in [5.74, 6) is 0.948. The highest BCUT2D eigenvalue weighted by atomic mass is 16.6. The SMILES string of the molecule is CNc1cccc(OCc2cccc(OC)c2)c1[N+](=O)[O-]. The minimum Gasteiger partial charge on any atom is -0.497 e. The van der Waals surface area contributed by atoms with Gasteiger partial charge in [0.25, 0.3) is 0 Å². The molecule has 0 saturated carbocycles. The normalized spacial score (nSPS) is 10.0. The molecule has 0 radical (unpaired) electrons. The smallest absolute Gasteiger partial charge is 0.333 e. The lowest BCUT2D eigenvalue weighted by Gasteiger charge is -2.10. The van der Waals surface area contributed by atoms with Crippen molar-refractivity contribution in [2.45, 2.75) is 6.61 Å². The third kappa shape index (κ3) is 3.42. The van der Waals surface area contributed by atoms with Gasteiger partial charge in [-0.2, -0.15) is 0 Å². The van der Waals surface area contributed by atoms with Crippen LogP contribution in [0, 0.1) is 10.1 Å². The Labute approximate surface area is 122 Å². The highest BCUT2D eigenvalue weighted by Gasteiger charge is 2.20. The maximum absolute atomic E-state index is 11.2. The van der Waals surface area contributed by atoms with Crippen LogP contribution in [-0.2, 0) is 6.61 Å². The van der Waals surface area contributed by atoms with Gasteiger partial charge < -0.3 is 14.8 Å². The van der Waals surface area contributed by atoms with Crippen LogP contribution in [-0.4, -0.2) is 19.1 Å². The zero-order chi connectivity index (χ0) is 15.2. The molecular formula is C15H16N2O4. The first kappa shape index (κ1) is 14.6. The number of rotatable bonds is 6. The molecule has 0 spiro atoms. The van der Waals surface area contributed by atoms with Gasteiger partial charge in [-0.1, -0.05) is 18.2 Å². The second-order valence-electron chi connectivity index (χ2n) is 4.30. The van der Waals surface area contributed by atoms with Gasteiger partial charge in [-0.05, 0) is 29.8 Å². The van der Waals surface area contributed by atoms with Crippen LogP contribution in [0.5, 0.6) is 11.5 Å². The van der Waals surface area contributed by atoms with Crippen molar-refractivity contribution in [3.63, 3.8) is 0 Å². The zero-order valence-corrected chi connectivity index (χ0v) is 11.8. The molecule has 0 unspecified atom stereocenters. The van der Waals surface area contributed by atoms with E-state index in [9.17, 15) is 10.1 Å². The topological polar surface area (TPSA) is 73.6 Å². The molecule has 0 amide bonds. The van der Waals surface area contributed by atoms with E-state index in [1.807, 2.05) is 24.3 Å². The van der Waals surface area contributed by atoms with Gasteiger partial charge in [-0.15, -0.1) is 0 Å². The molecule has 6 heteroatoms. The maximum atomic E-state index is 11.2. The van der Waals surface area contributed by atoms with Crippen molar-refractivity contribution >= 4 is 11.4 Å². The first-order valence-corrected chi connectivity index (χ1v) is 6.36. The van der Waals surface area contributed by atoms with Crippen molar-refractivity contribution in [3.05, 3.63) is 58.1 Å². The number of nitrogens with zero attached hydrogens (tertiary/aromatic N) is 1. The molecule has 110 valence electrons. The van der Waals surface area contributed by atoms with Gasteiger partial charge in [-0.25, -0.2) is 0 Å². The number of methoxy groups -OCH3 is 1. The molecule has 0 bridgehead atoms. The lowest BCUT2D eigenvalue weighted by molar-refractivity contribution is -0.385. The van der Waals surface area contributed by atoms with E-state index in [4.69, 9.17) is 9.47 Å². The van der Waals surface area contributed by atoms with E-state index in [0.717, 1.165) is 11.3 Å². The predicted molar refractivity (Wildman–Crippen MR) is 80.0 cm³/mol. The van der Waals surface area contributed by atoms with Crippen LogP contribution >= 0.6 is 0 Å². The Bertz CT molecular complexity index is 643. The predicted octanol–water partition coefficient (Wildman–Crippen LogP) is 3.22. The number of para-hydroxylation sites is 1. The molecule has 0 atom stereocenters. The number of nitro benzene ring substituents is 1. The molecule has 0 heterocycles. The van der Waals surface area contributed by atoms with Crippen LogP contribution in [0.25, 0.3) is 0 Å². The summed E-state index contributed by atoms with van der Waals surface area (Å²) in [5.41, 5.74) is 1.23. The molecule has 0 saturated heterocycles. The van der Waals surface area contributed by atoms with Gasteiger partial charge in [0.15, 0.2) is 5.75 Å². The van der Waals surface area contributed by atoms with Gasteiger partial charge in [0.2, 0.25) is 0 Å². The highest BCUT2D eigenvalue weighted by molar-refractivity contribution is 5.68. The lowest BCUT2D eigenvalue weighted by Crippen LogP contribution is -2.02. The number of nitro groups is 1. The van der Waals surface area contributed by atoms with E-state index in [1.165, 1.54) is 0 Å². The lowest BCUT2D eigenvalue weighted by atomic mass is 10.2. The van der Waals surface area contributed by atoms with Gasteiger partial charge >= 0.3 is 5.69 Å². The Hall–Kier alpha value is -2.76. The van der Waals surface area contributed by atoms with Crippen LogP contribution < -0.4 is 14.8 Å². The molecule has 2 aromatic carbocycles. The van der Waals surface area contributed by atoms with Crippen molar-refractivity contribution in [2.24, 2.45) is 0 Å². The zero-order valence-electron chi connectivity index (χ0n) is 11.8. The molecule has 0 aromatic heterocycles. The molecule has 21 heavy (non-hydrogen) atoms. The number of nitrogens with one attached hydrogen (secondary N) is 1. The average molecular weight is 288 g/mol. The summed E-state index contributed by atoms with van der Waals surface area (Å²) < 4.78 is 10.7. The monoisotopic (exact) mass is 288 g/mol. The van der Waals surface area contributed by atoms with Crippen molar-refractivity contribution in [1.82, 2.24) is 0 Å². The Morgan fingerprint density at radius 2 is 2.00 bits per heavy atom. The number of hydrogen-bond acceptors (Lipinski definition) is 5.